The minimum atomic E-state index is -0.0263. The molecule has 0 heterocycles. The molecule has 2 aromatic carbocycles. The molecule has 1 unspecified atom stereocenters. The number of benzene rings is 2. The lowest BCUT2D eigenvalue weighted by atomic mass is 10.1. The van der Waals surface area contributed by atoms with Crippen molar-refractivity contribution in [2.24, 2.45) is 4.99 Å². The first-order valence-electron chi connectivity index (χ1n) is 9.62. The van der Waals surface area contributed by atoms with Gasteiger partial charge in [0.15, 0.2) is 5.96 Å². The summed E-state index contributed by atoms with van der Waals surface area (Å²) in [6.45, 7) is 6.76. The summed E-state index contributed by atoms with van der Waals surface area (Å²) in [5.41, 5.74) is 2.09. The van der Waals surface area contributed by atoms with Gasteiger partial charge in [-0.2, -0.15) is 0 Å². The van der Waals surface area contributed by atoms with Crippen LogP contribution in [0.3, 0.4) is 0 Å². The van der Waals surface area contributed by atoms with Crippen molar-refractivity contribution >= 4 is 11.9 Å². The van der Waals surface area contributed by atoms with E-state index >= 15 is 0 Å². The summed E-state index contributed by atoms with van der Waals surface area (Å²) in [5, 5.41) is 6.50. The van der Waals surface area contributed by atoms with Crippen molar-refractivity contribution in [1.29, 1.82) is 0 Å². The number of aliphatic imine (C=N–C) groups is 1. The van der Waals surface area contributed by atoms with Crippen molar-refractivity contribution in [3.05, 3.63) is 78.4 Å². The molecule has 6 nitrogen and oxygen atoms in total. The third-order valence-electron chi connectivity index (χ3n) is 4.30. The number of ether oxygens (including phenoxy) is 1. The van der Waals surface area contributed by atoms with Gasteiger partial charge in [0.2, 0.25) is 5.91 Å². The van der Waals surface area contributed by atoms with Crippen molar-refractivity contribution in [3.63, 3.8) is 0 Å². The van der Waals surface area contributed by atoms with E-state index in [-0.39, 0.29) is 18.5 Å². The topological polar surface area (TPSA) is 66.0 Å². The summed E-state index contributed by atoms with van der Waals surface area (Å²) in [5.74, 6) is 1.31. The van der Waals surface area contributed by atoms with Crippen molar-refractivity contribution in [1.82, 2.24) is 15.5 Å². The molecule has 0 bridgehead atoms. The summed E-state index contributed by atoms with van der Waals surface area (Å²) in [4.78, 5) is 18.2. The van der Waals surface area contributed by atoms with Crippen LogP contribution in [0.5, 0.6) is 5.75 Å². The second-order valence-corrected chi connectivity index (χ2v) is 6.79. The smallest absolute Gasteiger partial charge is 0.241 e. The van der Waals surface area contributed by atoms with Crippen LogP contribution in [-0.4, -0.2) is 44.0 Å². The summed E-state index contributed by atoms with van der Waals surface area (Å²) in [6, 6.07) is 17.9. The zero-order valence-corrected chi connectivity index (χ0v) is 17.4. The molecule has 0 radical (unpaired) electrons. The molecule has 1 atom stereocenters. The normalized spacial score (nSPS) is 12.0. The molecule has 0 aliphatic rings. The van der Waals surface area contributed by atoms with E-state index in [1.165, 1.54) is 0 Å². The Hall–Kier alpha value is -3.28. The highest BCUT2D eigenvalue weighted by Crippen LogP contribution is 2.19. The number of hydrogen-bond acceptors (Lipinski definition) is 3. The number of nitrogens with one attached hydrogen (secondary N) is 2. The summed E-state index contributed by atoms with van der Waals surface area (Å²) < 4.78 is 5.71. The number of hydrogen-bond donors (Lipinski definition) is 2. The van der Waals surface area contributed by atoms with Gasteiger partial charge < -0.3 is 20.3 Å². The Labute approximate surface area is 173 Å². The van der Waals surface area contributed by atoms with E-state index in [9.17, 15) is 4.79 Å². The number of rotatable bonds is 9. The van der Waals surface area contributed by atoms with Gasteiger partial charge in [-0.3, -0.25) is 4.79 Å². The first kappa shape index (κ1) is 22.0. The number of carbonyl (C=O) groups excluding carboxylic acids is 1. The molecular weight excluding hydrogens is 364 g/mol. The minimum absolute atomic E-state index is 0.0263. The second-order valence-electron chi connectivity index (χ2n) is 6.79. The molecule has 154 valence electrons. The van der Waals surface area contributed by atoms with Crippen LogP contribution in [0.15, 0.2) is 72.2 Å². The van der Waals surface area contributed by atoms with Crippen molar-refractivity contribution in [2.45, 2.75) is 19.5 Å². The van der Waals surface area contributed by atoms with Crippen LogP contribution in [0.4, 0.5) is 0 Å². The number of likely N-dealkylation sites (N-methyl/N-ethyl adjacent to an activating group) is 1. The quantitative estimate of drug-likeness (QED) is 0.390. The van der Waals surface area contributed by atoms with Crippen LogP contribution < -0.4 is 15.4 Å². The lowest BCUT2D eigenvalue weighted by molar-refractivity contribution is -0.127. The number of carbonyl (C=O) groups is 1. The van der Waals surface area contributed by atoms with Gasteiger partial charge in [0.05, 0.1) is 19.1 Å². The standard InChI is InChI=1S/C23H30N4O2/c1-5-15-29-21-14-10-9-13-20(21)16-24-23(25-17-22(28)27(3)4)26-18(2)19-11-7-6-8-12-19/h5-14,18H,1,15-17H2,2-4H3,(H2,24,25,26). The van der Waals surface area contributed by atoms with E-state index in [0.29, 0.717) is 19.1 Å². The highest BCUT2D eigenvalue weighted by atomic mass is 16.5. The molecule has 0 aromatic heterocycles. The predicted octanol–water partition coefficient (Wildman–Crippen LogP) is 3.14. The fourth-order valence-electron chi connectivity index (χ4n) is 2.59. The zero-order valence-electron chi connectivity index (χ0n) is 17.4. The number of para-hydroxylation sites is 1. The van der Waals surface area contributed by atoms with E-state index < -0.39 is 0 Å². The Bertz CT molecular complexity index is 819. The third kappa shape index (κ3) is 7.33. The minimum Gasteiger partial charge on any atom is -0.489 e. The van der Waals surface area contributed by atoms with Crippen LogP contribution in [0.25, 0.3) is 0 Å². The van der Waals surface area contributed by atoms with Crippen LogP contribution in [0, 0.1) is 0 Å². The fourth-order valence-corrected chi connectivity index (χ4v) is 2.59. The average molecular weight is 395 g/mol. The first-order valence-corrected chi connectivity index (χ1v) is 9.62. The van der Waals surface area contributed by atoms with Gasteiger partial charge in [0.25, 0.3) is 0 Å². The Balaban J connectivity index is 2.15. The van der Waals surface area contributed by atoms with Crippen molar-refractivity contribution in [3.8, 4) is 5.75 Å². The molecular formula is C23H30N4O2. The number of amides is 1. The number of nitrogens with zero attached hydrogens (tertiary/aromatic N) is 2. The van der Waals surface area contributed by atoms with Crippen LogP contribution in [0.1, 0.15) is 24.1 Å². The molecule has 0 saturated carbocycles. The monoisotopic (exact) mass is 394 g/mol. The largest absolute Gasteiger partial charge is 0.489 e. The van der Waals surface area contributed by atoms with E-state index in [1.807, 2.05) is 42.5 Å². The molecule has 0 saturated heterocycles. The molecule has 2 rings (SSSR count). The lowest BCUT2D eigenvalue weighted by Crippen LogP contribution is -2.43. The maximum absolute atomic E-state index is 12.0. The summed E-state index contributed by atoms with van der Waals surface area (Å²) >= 11 is 0. The van der Waals surface area contributed by atoms with E-state index in [1.54, 1.807) is 25.1 Å². The van der Waals surface area contributed by atoms with Crippen LogP contribution in [0.2, 0.25) is 0 Å². The lowest BCUT2D eigenvalue weighted by Gasteiger charge is -2.20. The van der Waals surface area contributed by atoms with Gasteiger partial charge in [-0.25, -0.2) is 4.99 Å². The van der Waals surface area contributed by atoms with Gasteiger partial charge in [-0.05, 0) is 18.6 Å². The van der Waals surface area contributed by atoms with Gasteiger partial charge in [0, 0.05) is 19.7 Å². The van der Waals surface area contributed by atoms with Crippen molar-refractivity contribution in [2.75, 3.05) is 27.2 Å². The fraction of sp³-hybridized carbons (Fsp3) is 0.304. The molecule has 0 aliphatic carbocycles. The highest BCUT2D eigenvalue weighted by molar-refractivity contribution is 5.86. The molecule has 0 aliphatic heterocycles. The van der Waals surface area contributed by atoms with E-state index in [0.717, 1.165) is 16.9 Å². The Morgan fingerprint density at radius 3 is 2.55 bits per heavy atom. The van der Waals surface area contributed by atoms with Gasteiger partial charge >= 0.3 is 0 Å². The Morgan fingerprint density at radius 2 is 1.86 bits per heavy atom. The third-order valence-corrected chi connectivity index (χ3v) is 4.30. The van der Waals surface area contributed by atoms with Gasteiger partial charge in [0.1, 0.15) is 12.4 Å². The Kier molecular flexibility index (Phi) is 8.76. The molecule has 2 aromatic rings. The second kappa shape index (κ2) is 11.5. The van der Waals surface area contributed by atoms with E-state index in [4.69, 9.17) is 4.74 Å². The number of guanidine groups is 1. The first-order chi connectivity index (χ1) is 14.0. The molecule has 29 heavy (non-hydrogen) atoms. The van der Waals surface area contributed by atoms with Gasteiger partial charge in [-0.1, -0.05) is 61.2 Å². The van der Waals surface area contributed by atoms with E-state index in [2.05, 4.69) is 41.3 Å². The maximum atomic E-state index is 12.0. The van der Waals surface area contributed by atoms with Gasteiger partial charge in [-0.15, -0.1) is 0 Å². The molecule has 6 heteroatoms. The highest BCUT2D eigenvalue weighted by Gasteiger charge is 2.11. The molecule has 2 N–H and O–H groups in total. The maximum Gasteiger partial charge on any atom is 0.241 e. The molecule has 0 fully saturated rings. The molecule has 1 amide bonds. The summed E-state index contributed by atoms with van der Waals surface area (Å²) in [6.07, 6.45) is 1.71. The Morgan fingerprint density at radius 1 is 1.17 bits per heavy atom. The SMILES string of the molecule is C=CCOc1ccccc1CN=C(NCC(=O)N(C)C)NC(C)c1ccccc1. The zero-order chi connectivity index (χ0) is 21.1. The summed E-state index contributed by atoms with van der Waals surface area (Å²) in [7, 11) is 3.46. The van der Waals surface area contributed by atoms with Crippen LogP contribution >= 0.6 is 0 Å². The predicted molar refractivity (Wildman–Crippen MR) is 118 cm³/mol. The van der Waals surface area contributed by atoms with Crippen molar-refractivity contribution < 1.29 is 9.53 Å². The molecule has 0 spiro atoms. The van der Waals surface area contributed by atoms with Crippen LogP contribution in [-0.2, 0) is 11.3 Å². The average Bonchev–Trinajstić information content (AvgIpc) is 2.74.